The molecule has 1 aromatic carbocycles. The summed E-state index contributed by atoms with van der Waals surface area (Å²) >= 11 is 0. The first-order valence-electron chi connectivity index (χ1n) is 4.95. The summed E-state index contributed by atoms with van der Waals surface area (Å²) in [6.07, 6.45) is 2.47. The van der Waals surface area contributed by atoms with Gasteiger partial charge in [0.2, 0.25) is 0 Å². The van der Waals surface area contributed by atoms with Gasteiger partial charge in [0.1, 0.15) is 0 Å². The van der Waals surface area contributed by atoms with Gasteiger partial charge in [0, 0.05) is 29.7 Å². The van der Waals surface area contributed by atoms with Crippen LogP contribution in [0.5, 0.6) is 0 Å². The van der Waals surface area contributed by atoms with E-state index in [2.05, 4.69) is 4.98 Å². The Bertz CT molecular complexity index is 435. The molecule has 15 heavy (non-hydrogen) atoms. The molecule has 0 fully saturated rings. The Morgan fingerprint density at radius 3 is 2.73 bits per heavy atom. The number of H-pyrrole nitrogens is 1. The molecule has 0 radical (unpaired) electrons. The second kappa shape index (κ2) is 4.19. The van der Waals surface area contributed by atoms with Crippen molar-refractivity contribution in [3.8, 4) is 11.3 Å². The molecule has 3 heteroatoms. The summed E-state index contributed by atoms with van der Waals surface area (Å²) in [7, 11) is 0. The SMILES string of the molecule is Nc1c(CCO)cccc1-c1ccc[nH]1. The number of aromatic nitrogens is 1. The summed E-state index contributed by atoms with van der Waals surface area (Å²) in [5, 5.41) is 8.90. The van der Waals surface area contributed by atoms with Gasteiger partial charge in [0.25, 0.3) is 0 Å². The van der Waals surface area contributed by atoms with Crippen LogP contribution in [0.4, 0.5) is 5.69 Å². The van der Waals surface area contributed by atoms with Gasteiger partial charge in [-0.15, -0.1) is 0 Å². The Kier molecular flexibility index (Phi) is 2.74. The Morgan fingerprint density at radius 2 is 2.07 bits per heavy atom. The highest BCUT2D eigenvalue weighted by Gasteiger charge is 2.06. The largest absolute Gasteiger partial charge is 0.398 e. The van der Waals surface area contributed by atoms with Gasteiger partial charge in [-0.05, 0) is 24.1 Å². The van der Waals surface area contributed by atoms with Gasteiger partial charge in [-0.2, -0.15) is 0 Å². The lowest BCUT2D eigenvalue weighted by Gasteiger charge is -2.08. The van der Waals surface area contributed by atoms with Crippen molar-refractivity contribution in [3.05, 3.63) is 42.1 Å². The zero-order chi connectivity index (χ0) is 10.7. The topological polar surface area (TPSA) is 62.0 Å². The first-order chi connectivity index (χ1) is 7.33. The Morgan fingerprint density at radius 1 is 1.20 bits per heavy atom. The van der Waals surface area contributed by atoms with E-state index >= 15 is 0 Å². The third-order valence-corrected chi connectivity index (χ3v) is 2.47. The number of anilines is 1. The lowest BCUT2D eigenvalue weighted by Crippen LogP contribution is -1.99. The minimum atomic E-state index is 0.123. The lowest BCUT2D eigenvalue weighted by molar-refractivity contribution is 0.300. The maximum absolute atomic E-state index is 8.90. The molecule has 4 N–H and O–H groups in total. The molecule has 0 amide bonds. The van der Waals surface area contributed by atoms with Crippen molar-refractivity contribution in [2.45, 2.75) is 6.42 Å². The second-order valence-corrected chi connectivity index (χ2v) is 3.44. The normalized spacial score (nSPS) is 10.5. The number of hydrogen-bond acceptors (Lipinski definition) is 2. The van der Waals surface area contributed by atoms with Crippen LogP contribution in [-0.2, 0) is 6.42 Å². The van der Waals surface area contributed by atoms with Crippen molar-refractivity contribution in [2.24, 2.45) is 0 Å². The monoisotopic (exact) mass is 202 g/mol. The summed E-state index contributed by atoms with van der Waals surface area (Å²) < 4.78 is 0. The number of hydrogen-bond donors (Lipinski definition) is 3. The van der Waals surface area contributed by atoms with Gasteiger partial charge in [0.15, 0.2) is 0 Å². The molecule has 2 aromatic rings. The van der Waals surface area contributed by atoms with E-state index in [0.717, 1.165) is 22.5 Å². The van der Waals surface area contributed by atoms with Crippen molar-refractivity contribution in [3.63, 3.8) is 0 Å². The molecule has 1 heterocycles. The zero-order valence-electron chi connectivity index (χ0n) is 8.40. The van der Waals surface area contributed by atoms with Gasteiger partial charge in [0.05, 0.1) is 0 Å². The number of aliphatic hydroxyl groups excluding tert-OH is 1. The predicted octanol–water partition coefficient (Wildman–Crippen LogP) is 1.80. The van der Waals surface area contributed by atoms with Gasteiger partial charge in [-0.1, -0.05) is 18.2 Å². The molecule has 0 saturated carbocycles. The van der Waals surface area contributed by atoms with Crippen molar-refractivity contribution in [2.75, 3.05) is 12.3 Å². The first kappa shape index (κ1) is 9.80. The number of para-hydroxylation sites is 1. The predicted molar refractivity (Wildman–Crippen MR) is 61.4 cm³/mol. The molecule has 0 spiro atoms. The highest BCUT2D eigenvalue weighted by Crippen LogP contribution is 2.27. The summed E-state index contributed by atoms with van der Waals surface area (Å²) in [5.74, 6) is 0. The number of benzene rings is 1. The molecule has 3 nitrogen and oxygen atoms in total. The van der Waals surface area contributed by atoms with Gasteiger partial charge >= 0.3 is 0 Å². The molecule has 0 unspecified atom stereocenters. The molecular weight excluding hydrogens is 188 g/mol. The molecular formula is C12H14N2O. The molecule has 0 aliphatic heterocycles. The Balaban J connectivity index is 2.45. The molecule has 0 atom stereocenters. The molecule has 0 saturated heterocycles. The summed E-state index contributed by atoms with van der Waals surface area (Å²) in [6.45, 7) is 0.123. The van der Waals surface area contributed by atoms with E-state index in [4.69, 9.17) is 10.8 Å². The van der Waals surface area contributed by atoms with E-state index in [1.54, 1.807) is 0 Å². The maximum atomic E-state index is 8.90. The summed E-state index contributed by atoms with van der Waals surface area (Å²) in [6, 6.07) is 9.79. The molecule has 0 bridgehead atoms. The van der Waals surface area contributed by atoms with Crippen molar-refractivity contribution in [1.29, 1.82) is 0 Å². The molecule has 2 rings (SSSR count). The van der Waals surface area contributed by atoms with Crippen molar-refractivity contribution < 1.29 is 5.11 Å². The van der Waals surface area contributed by atoms with Crippen LogP contribution in [0.1, 0.15) is 5.56 Å². The van der Waals surface area contributed by atoms with Crippen LogP contribution in [0, 0.1) is 0 Å². The standard InChI is InChI=1S/C12H14N2O/c13-12-9(6-8-15)3-1-4-10(12)11-5-2-7-14-11/h1-5,7,14-15H,6,8,13H2. The fourth-order valence-corrected chi connectivity index (χ4v) is 1.68. The highest BCUT2D eigenvalue weighted by molar-refractivity contribution is 5.76. The number of aromatic amines is 1. The number of aliphatic hydroxyl groups is 1. The Hall–Kier alpha value is -1.74. The van der Waals surface area contributed by atoms with Crippen LogP contribution in [-0.4, -0.2) is 16.7 Å². The third kappa shape index (κ3) is 1.87. The summed E-state index contributed by atoms with van der Waals surface area (Å²) in [4.78, 5) is 3.12. The average Bonchev–Trinajstić information content (AvgIpc) is 2.74. The van der Waals surface area contributed by atoms with Crippen LogP contribution >= 0.6 is 0 Å². The second-order valence-electron chi connectivity index (χ2n) is 3.44. The van der Waals surface area contributed by atoms with Gasteiger partial charge < -0.3 is 15.8 Å². The minimum absolute atomic E-state index is 0.123. The van der Waals surface area contributed by atoms with Crippen LogP contribution in [0.3, 0.4) is 0 Å². The highest BCUT2D eigenvalue weighted by atomic mass is 16.2. The minimum Gasteiger partial charge on any atom is -0.398 e. The zero-order valence-corrected chi connectivity index (χ0v) is 8.40. The quantitative estimate of drug-likeness (QED) is 0.664. The third-order valence-electron chi connectivity index (χ3n) is 2.47. The smallest absolute Gasteiger partial charge is 0.0474 e. The fraction of sp³-hybridized carbons (Fsp3) is 0.167. The van der Waals surface area contributed by atoms with Gasteiger partial charge in [-0.3, -0.25) is 0 Å². The van der Waals surface area contributed by atoms with E-state index in [1.165, 1.54) is 0 Å². The van der Waals surface area contributed by atoms with Crippen LogP contribution in [0.15, 0.2) is 36.5 Å². The van der Waals surface area contributed by atoms with Crippen LogP contribution in [0.2, 0.25) is 0 Å². The molecule has 78 valence electrons. The Labute approximate surface area is 88.6 Å². The number of nitrogen functional groups attached to an aromatic ring is 1. The van der Waals surface area contributed by atoms with Crippen LogP contribution < -0.4 is 5.73 Å². The molecule has 0 aliphatic carbocycles. The van der Waals surface area contributed by atoms with E-state index in [-0.39, 0.29) is 6.61 Å². The van der Waals surface area contributed by atoms with E-state index < -0.39 is 0 Å². The summed E-state index contributed by atoms with van der Waals surface area (Å²) in [5.41, 5.74) is 9.76. The van der Waals surface area contributed by atoms with Crippen molar-refractivity contribution >= 4 is 5.69 Å². The first-order valence-corrected chi connectivity index (χ1v) is 4.95. The number of nitrogens with one attached hydrogen (secondary N) is 1. The van der Waals surface area contributed by atoms with E-state index in [1.807, 2.05) is 36.5 Å². The lowest BCUT2D eigenvalue weighted by atomic mass is 10.0. The molecule has 0 aliphatic rings. The number of rotatable bonds is 3. The fourth-order valence-electron chi connectivity index (χ4n) is 1.68. The van der Waals surface area contributed by atoms with Crippen LogP contribution in [0.25, 0.3) is 11.3 Å². The maximum Gasteiger partial charge on any atom is 0.0474 e. The van der Waals surface area contributed by atoms with E-state index in [0.29, 0.717) is 6.42 Å². The van der Waals surface area contributed by atoms with E-state index in [9.17, 15) is 0 Å². The van der Waals surface area contributed by atoms with Crippen molar-refractivity contribution in [1.82, 2.24) is 4.98 Å². The molecule has 1 aromatic heterocycles. The van der Waals surface area contributed by atoms with Gasteiger partial charge in [-0.25, -0.2) is 0 Å². The number of nitrogens with two attached hydrogens (primary N) is 1. The average molecular weight is 202 g/mol.